The van der Waals surface area contributed by atoms with Crippen LogP contribution >= 0.6 is 0 Å². The van der Waals surface area contributed by atoms with Crippen molar-refractivity contribution in [2.75, 3.05) is 42.9 Å². The molecule has 1 aliphatic heterocycles. The van der Waals surface area contributed by atoms with Crippen LogP contribution < -0.4 is 10.2 Å². The molecule has 148 valence electrons. The first kappa shape index (κ1) is 19.2. The summed E-state index contributed by atoms with van der Waals surface area (Å²) in [4.78, 5) is 21.8. The van der Waals surface area contributed by atoms with Crippen LogP contribution in [-0.2, 0) is 4.79 Å². The lowest BCUT2D eigenvalue weighted by molar-refractivity contribution is -0.111. The van der Waals surface area contributed by atoms with Gasteiger partial charge in [0.1, 0.15) is 5.82 Å². The number of piperazine rings is 1. The zero-order valence-corrected chi connectivity index (χ0v) is 16.7. The lowest BCUT2D eigenvalue weighted by Crippen LogP contribution is -2.46. The molecule has 1 N–H and O–H groups in total. The highest BCUT2D eigenvalue weighted by molar-refractivity contribution is 6.03. The largest absolute Gasteiger partial charge is 0.354 e. The summed E-state index contributed by atoms with van der Waals surface area (Å²) in [7, 11) is 0. The number of anilines is 2. The van der Waals surface area contributed by atoms with Crippen LogP contribution in [0.4, 0.5) is 11.5 Å². The third-order valence-electron chi connectivity index (χ3n) is 5.31. The number of nitrogens with zero attached hydrogens (tertiary/aromatic N) is 3. The molecule has 29 heavy (non-hydrogen) atoms. The van der Waals surface area contributed by atoms with E-state index in [1.54, 1.807) is 6.08 Å². The van der Waals surface area contributed by atoms with Crippen molar-refractivity contribution in [3.8, 4) is 0 Å². The summed E-state index contributed by atoms with van der Waals surface area (Å²) in [5, 5.41) is 3.94. The molecule has 1 saturated heterocycles. The van der Waals surface area contributed by atoms with E-state index in [0.29, 0.717) is 0 Å². The fourth-order valence-electron chi connectivity index (χ4n) is 3.58. The molecular formula is C24H26N4O. The van der Waals surface area contributed by atoms with Gasteiger partial charge in [-0.2, -0.15) is 0 Å². The Hall–Kier alpha value is -3.18. The molecule has 2 aromatic carbocycles. The number of hydrogen-bond donors (Lipinski definition) is 1. The summed E-state index contributed by atoms with van der Waals surface area (Å²) in [6.07, 6.45) is 3.36. The minimum atomic E-state index is -0.147. The Bertz CT molecular complexity index is 1010. The van der Waals surface area contributed by atoms with Crippen molar-refractivity contribution in [3.63, 3.8) is 0 Å². The number of benzene rings is 2. The maximum Gasteiger partial charge on any atom is 0.248 e. The molecule has 3 aromatic rings. The van der Waals surface area contributed by atoms with Crippen molar-refractivity contribution in [2.45, 2.75) is 6.92 Å². The molecule has 0 radical (unpaired) electrons. The fourth-order valence-corrected chi connectivity index (χ4v) is 3.58. The maximum atomic E-state index is 12.2. The lowest BCUT2D eigenvalue weighted by Gasteiger charge is -2.34. The molecule has 2 heterocycles. The Kier molecular flexibility index (Phi) is 5.86. The molecule has 1 fully saturated rings. The summed E-state index contributed by atoms with van der Waals surface area (Å²) < 4.78 is 0. The van der Waals surface area contributed by atoms with Gasteiger partial charge in [-0.15, -0.1) is 0 Å². The van der Waals surface area contributed by atoms with Crippen molar-refractivity contribution in [1.29, 1.82) is 0 Å². The highest BCUT2D eigenvalue weighted by Crippen LogP contribution is 2.22. The molecule has 1 aromatic heterocycles. The van der Waals surface area contributed by atoms with Crippen LogP contribution in [0.25, 0.3) is 17.0 Å². The van der Waals surface area contributed by atoms with E-state index in [-0.39, 0.29) is 5.91 Å². The summed E-state index contributed by atoms with van der Waals surface area (Å²) >= 11 is 0. The van der Waals surface area contributed by atoms with Gasteiger partial charge in [-0.05, 0) is 48.5 Å². The minimum Gasteiger partial charge on any atom is -0.354 e. The predicted molar refractivity (Wildman–Crippen MR) is 120 cm³/mol. The van der Waals surface area contributed by atoms with Crippen molar-refractivity contribution in [3.05, 3.63) is 72.3 Å². The predicted octanol–water partition coefficient (Wildman–Crippen LogP) is 4.03. The number of amides is 1. The number of likely N-dealkylation sites (N-methyl/N-ethyl adjacent to an activating group) is 1. The number of carbonyl (C=O) groups is 1. The van der Waals surface area contributed by atoms with Crippen LogP contribution in [0.5, 0.6) is 0 Å². The van der Waals surface area contributed by atoms with Gasteiger partial charge in [-0.3, -0.25) is 4.79 Å². The normalized spacial score (nSPS) is 15.1. The molecule has 5 heteroatoms. The van der Waals surface area contributed by atoms with Crippen LogP contribution in [-0.4, -0.2) is 48.5 Å². The van der Waals surface area contributed by atoms with E-state index in [1.807, 2.05) is 54.6 Å². The van der Waals surface area contributed by atoms with Gasteiger partial charge in [0.05, 0.1) is 5.52 Å². The van der Waals surface area contributed by atoms with E-state index in [0.717, 1.165) is 60.7 Å². The third kappa shape index (κ3) is 4.81. The van der Waals surface area contributed by atoms with Crippen LogP contribution in [0, 0.1) is 0 Å². The molecule has 0 bridgehead atoms. The molecule has 0 atom stereocenters. The van der Waals surface area contributed by atoms with E-state index >= 15 is 0 Å². The number of fused-ring (bicyclic) bond motifs is 1. The van der Waals surface area contributed by atoms with E-state index in [4.69, 9.17) is 4.98 Å². The first-order valence-electron chi connectivity index (χ1n) is 10.1. The second kappa shape index (κ2) is 8.88. The molecular weight excluding hydrogens is 360 g/mol. The molecule has 4 rings (SSSR count). The second-order valence-corrected chi connectivity index (χ2v) is 7.23. The Labute approximate surface area is 171 Å². The Balaban J connectivity index is 1.43. The fraction of sp³-hybridized carbons (Fsp3) is 0.250. The number of nitrogens with one attached hydrogen (secondary N) is 1. The van der Waals surface area contributed by atoms with Crippen molar-refractivity contribution in [2.24, 2.45) is 0 Å². The summed E-state index contributed by atoms with van der Waals surface area (Å²) in [5.74, 6) is 0.877. The number of carbonyl (C=O) groups excluding carboxylic acids is 1. The Morgan fingerprint density at radius 2 is 1.83 bits per heavy atom. The van der Waals surface area contributed by atoms with E-state index < -0.39 is 0 Å². The molecule has 0 spiro atoms. The molecule has 0 unspecified atom stereocenters. The smallest absolute Gasteiger partial charge is 0.248 e. The van der Waals surface area contributed by atoms with Crippen molar-refractivity contribution >= 4 is 34.4 Å². The third-order valence-corrected chi connectivity index (χ3v) is 5.31. The molecule has 1 aliphatic rings. The average molecular weight is 386 g/mol. The van der Waals surface area contributed by atoms with Gasteiger partial charge in [0.25, 0.3) is 0 Å². The number of pyridine rings is 1. The minimum absolute atomic E-state index is 0.147. The van der Waals surface area contributed by atoms with Gasteiger partial charge in [0.2, 0.25) is 5.91 Å². The van der Waals surface area contributed by atoms with Crippen LogP contribution in [0.1, 0.15) is 12.5 Å². The van der Waals surface area contributed by atoms with Crippen LogP contribution in [0.15, 0.2) is 66.7 Å². The summed E-state index contributed by atoms with van der Waals surface area (Å²) in [6, 6.07) is 19.8. The summed E-state index contributed by atoms with van der Waals surface area (Å²) in [5.41, 5.74) is 2.71. The van der Waals surface area contributed by atoms with E-state index in [1.165, 1.54) is 0 Å². The Morgan fingerprint density at radius 3 is 2.59 bits per heavy atom. The van der Waals surface area contributed by atoms with Gasteiger partial charge >= 0.3 is 0 Å². The quantitative estimate of drug-likeness (QED) is 0.673. The highest BCUT2D eigenvalue weighted by Gasteiger charge is 2.16. The maximum absolute atomic E-state index is 12.2. The highest BCUT2D eigenvalue weighted by atomic mass is 16.1. The van der Waals surface area contributed by atoms with Gasteiger partial charge in [0, 0.05) is 43.3 Å². The van der Waals surface area contributed by atoms with Crippen LogP contribution in [0.3, 0.4) is 0 Å². The van der Waals surface area contributed by atoms with E-state index in [9.17, 15) is 4.79 Å². The van der Waals surface area contributed by atoms with Gasteiger partial charge in [-0.25, -0.2) is 4.98 Å². The topological polar surface area (TPSA) is 48.5 Å². The number of rotatable bonds is 5. The van der Waals surface area contributed by atoms with Crippen molar-refractivity contribution in [1.82, 2.24) is 9.88 Å². The molecule has 1 amide bonds. The SMILES string of the molecule is CCN1CCN(c2ccc3cc(NC(=O)/C=C\c4ccccc4)ccc3n2)CC1. The lowest BCUT2D eigenvalue weighted by atomic mass is 10.2. The van der Waals surface area contributed by atoms with E-state index in [2.05, 4.69) is 34.2 Å². The van der Waals surface area contributed by atoms with Gasteiger partial charge in [0.15, 0.2) is 0 Å². The van der Waals surface area contributed by atoms with Gasteiger partial charge in [-0.1, -0.05) is 37.3 Å². The number of hydrogen-bond acceptors (Lipinski definition) is 4. The first-order chi connectivity index (χ1) is 14.2. The zero-order chi connectivity index (χ0) is 20.1. The van der Waals surface area contributed by atoms with Crippen LogP contribution in [0.2, 0.25) is 0 Å². The average Bonchev–Trinajstić information content (AvgIpc) is 2.78. The second-order valence-electron chi connectivity index (χ2n) is 7.23. The van der Waals surface area contributed by atoms with Gasteiger partial charge < -0.3 is 15.1 Å². The summed E-state index contributed by atoms with van der Waals surface area (Å²) in [6.45, 7) is 7.49. The first-order valence-corrected chi connectivity index (χ1v) is 10.1. The molecule has 5 nitrogen and oxygen atoms in total. The number of aromatic nitrogens is 1. The zero-order valence-electron chi connectivity index (χ0n) is 16.7. The van der Waals surface area contributed by atoms with Crippen molar-refractivity contribution < 1.29 is 4.79 Å². The Morgan fingerprint density at radius 1 is 1.03 bits per heavy atom. The monoisotopic (exact) mass is 386 g/mol. The molecule has 0 saturated carbocycles. The molecule has 0 aliphatic carbocycles. The standard InChI is InChI=1S/C24H26N4O/c1-2-27-14-16-28(17-15-27)23-12-9-20-18-21(10-11-22(20)26-23)25-24(29)13-8-19-6-4-3-5-7-19/h3-13,18H,2,14-17H2,1H3,(H,25,29)/b13-8-.